The van der Waals surface area contributed by atoms with E-state index in [1.165, 1.54) is 0 Å². The van der Waals surface area contributed by atoms with Crippen molar-refractivity contribution in [3.8, 4) is 0 Å². The molecule has 0 fully saturated rings. The molecule has 0 aliphatic rings. The maximum atomic E-state index is 10.1. The van der Waals surface area contributed by atoms with Gasteiger partial charge in [0.2, 0.25) is 0 Å². The molecule has 70 valence electrons. The number of halogens is 2. The highest BCUT2D eigenvalue weighted by atomic mass is 35.5. The van der Waals surface area contributed by atoms with Crippen LogP contribution in [-0.2, 0) is 0 Å². The molecule has 0 saturated heterocycles. The molecule has 0 heterocycles. The third-order valence-electron chi connectivity index (χ3n) is 1.01. The molecule has 3 nitrogen and oxygen atoms in total. The van der Waals surface area contributed by atoms with E-state index in [4.69, 9.17) is 21.5 Å². The Hall–Kier alpha value is -1.06. The van der Waals surface area contributed by atoms with Crippen molar-refractivity contribution in [1.82, 2.24) is 0 Å². The summed E-state index contributed by atoms with van der Waals surface area (Å²) in [5.74, 6) is 0. The van der Waals surface area contributed by atoms with Crippen molar-refractivity contribution in [3.63, 3.8) is 0 Å². The number of hydrogen-bond acceptors (Lipinski definition) is 2. The summed E-state index contributed by atoms with van der Waals surface area (Å²) in [6.07, 6.45) is 0.788. The topological polar surface area (TPSA) is 54.4 Å². The largest absolute Gasteiger partial charge is 0.469 e. The Morgan fingerprint density at radius 2 is 1.69 bits per heavy atom. The quantitative estimate of drug-likeness (QED) is 0.585. The molecule has 0 aromatic heterocycles. The minimum absolute atomic E-state index is 0.652. The maximum absolute atomic E-state index is 10.1. The standard InChI is InChI=1S/C7H5ClO.CHClO2/c8-7-3-1-6(5-9)2-4-7;2-1(3)4/h1-5H;(H,3,4). The second kappa shape index (κ2) is 6.46. The Morgan fingerprint density at radius 3 is 2.00 bits per heavy atom. The van der Waals surface area contributed by atoms with E-state index < -0.39 is 5.43 Å². The Kier molecular flexibility index (Phi) is 5.93. The third kappa shape index (κ3) is 7.31. The number of carbonyl (C=O) groups excluding carboxylic acids is 1. The van der Waals surface area contributed by atoms with Crippen molar-refractivity contribution in [2.75, 3.05) is 0 Å². The average molecular weight is 221 g/mol. The van der Waals surface area contributed by atoms with Crippen LogP contribution in [0.3, 0.4) is 0 Å². The SMILES string of the molecule is O=C(O)Cl.O=Cc1ccc(Cl)cc1. The molecule has 0 aliphatic carbocycles. The van der Waals surface area contributed by atoms with Gasteiger partial charge in [0.05, 0.1) is 0 Å². The normalized spacial score (nSPS) is 8.15. The van der Waals surface area contributed by atoms with Gasteiger partial charge < -0.3 is 5.11 Å². The number of carbonyl (C=O) groups is 2. The molecule has 1 aromatic rings. The summed E-state index contributed by atoms with van der Waals surface area (Å²) in [4.78, 5) is 18.8. The summed E-state index contributed by atoms with van der Waals surface area (Å²) in [7, 11) is 0. The van der Waals surface area contributed by atoms with Crippen LogP contribution >= 0.6 is 23.2 Å². The van der Waals surface area contributed by atoms with E-state index >= 15 is 0 Å². The highest BCUT2D eigenvalue weighted by Crippen LogP contribution is 2.07. The Labute approximate surface area is 84.9 Å². The highest BCUT2D eigenvalue weighted by molar-refractivity contribution is 6.60. The van der Waals surface area contributed by atoms with E-state index in [-0.39, 0.29) is 0 Å². The predicted molar refractivity (Wildman–Crippen MR) is 50.7 cm³/mol. The molecule has 0 bridgehead atoms. The molecular formula is C8H6Cl2O3. The molecular weight excluding hydrogens is 215 g/mol. The van der Waals surface area contributed by atoms with Gasteiger partial charge in [0.25, 0.3) is 0 Å². The van der Waals surface area contributed by atoms with Crippen LogP contribution in [0, 0.1) is 0 Å². The Balaban J connectivity index is 0.000000310. The van der Waals surface area contributed by atoms with Gasteiger partial charge >= 0.3 is 5.43 Å². The summed E-state index contributed by atoms with van der Waals surface area (Å²) in [6.45, 7) is 0. The Morgan fingerprint density at radius 1 is 1.31 bits per heavy atom. The first-order valence-electron chi connectivity index (χ1n) is 3.15. The van der Waals surface area contributed by atoms with Gasteiger partial charge in [-0.2, -0.15) is 0 Å². The van der Waals surface area contributed by atoms with Crippen LogP contribution in [0.5, 0.6) is 0 Å². The van der Waals surface area contributed by atoms with Crippen LogP contribution in [0.4, 0.5) is 4.79 Å². The van der Waals surface area contributed by atoms with E-state index in [0.717, 1.165) is 6.29 Å². The zero-order valence-electron chi connectivity index (χ0n) is 6.41. The molecule has 0 spiro atoms. The van der Waals surface area contributed by atoms with Crippen molar-refractivity contribution < 1.29 is 14.7 Å². The van der Waals surface area contributed by atoms with E-state index in [1.54, 1.807) is 24.3 Å². The van der Waals surface area contributed by atoms with Crippen LogP contribution < -0.4 is 0 Å². The van der Waals surface area contributed by atoms with Crippen LogP contribution in [0.1, 0.15) is 10.4 Å². The molecule has 0 radical (unpaired) electrons. The monoisotopic (exact) mass is 220 g/mol. The minimum atomic E-state index is -1.36. The van der Waals surface area contributed by atoms with Gasteiger partial charge in [0, 0.05) is 22.2 Å². The van der Waals surface area contributed by atoms with Gasteiger partial charge in [-0.25, -0.2) is 4.79 Å². The smallest absolute Gasteiger partial charge is 0.401 e. The van der Waals surface area contributed by atoms with Gasteiger partial charge in [-0.15, -0.1) is 0 Å². The van der Waals surface area contributed by atoms with E-state index in [9.17, 15) is 4.79 Å². The lowest BCUT2D eigenvalue weighted by molar-refractivity contribution is 0.112. The number of benzene rings is 1. The summed E-state index contributed by atoms with van der Waals surface area (Å²) in [6, 6.07) is 6.72. The lowest BCUT2D eigenvalue weighted by atomic mass is 10.2. The molecule has 0 atom stereocenters. The van der Waals surface area contributed by atoms with Crippen molar-refractivity contribution in [2.45, 2.75) is 0 Å². The van der Waals surface area contributed by atoms with Gasteiger partial charge in [-0.05, 0) is 12.1 Å². The lowest BCUT2D eigenvalue weighted by Gasteiger charge is -1.87. The summed E-state index contributed by atoms with van der Waals surface area (Å²) < 4.78 is 0. The van der Waals surface area contributed by atoms with Gasteiger partial charge in [-0.3, -0.25) is 4.79 Å². The van der Waals surface area contributed by atoms with Crippen LogP contribution in [0.15, 0.2) is 24.3 Å². The van der Waals surface area contributed by atoms with Crippen molar-refractivity contribution in [2.24, 2.45) is 0 Å². The summed E-state index contributed by atoms with van der Waals surface area (Å²) in [5.41, 5.74) is -0.709. The first kappa shape index (κ1) is 11.9. The van der Waals surface area contributed by atoms with Crippen LogP contribution in [0.25, 0.3) is 0 Å². The molecule has 1 N–H and O–H groups in total. The zero-order valence-corrected chi connectivity index (χ0v) is 7.92. The van der Waals surface area contributed by atoms with E-state index in [1.807, 2.05) is 0 Å². The maximum Gasteiger partial charge on any atom is 0.401 e. The fourth-order valence-corrected chi connectivity index (χ4v) is 0.667. The predicted octanol–water partition coefficient (Wildman–Crippen LogP) is 3.06. The molecule has 0 saturated carbocycles. The molecule has 0 aliphatic heterocycles. The van der Waals surface area contributed by atoms with E-state index in [2.05, 4.69) is 11.6 Å². The van der Waals surface area contributed by atoms with Gasteiger partial charge in [-0.1, -0.05) is 23.7 Å². The molecule has 0 unspecified atom stereocenters. The third-order valence-corrected chi connectivity index (χ3v) is 1.26. The fraction of sp³-hybridized carbons (Fsp3) is 0. The molecule has 5 heteroatoms. The molecule has 0 amide bonds. The second-order valence-corrected chi connectivity index (χ2v) is 2.68. The first-order valence-corrected chi connectivity index (χ1v) is 3.91. The number of carboxylic acid groups (broad SMARTS) is 1. The van der Waals surface area contributed by atoms with E-state index in [0.29, 0.717) is 10.6 Å². The lowest BCUT2D eigenvalue weighted by Crippen LogP contribution is -1.74. The van der Waals surface area contributed by atoms with Crippen molar-refractivity contribution in [1.29, 1.82) is 0 Å². The Bertz CT molecular complexity index is 278. The average Bonchev–Trinajstić information content (AvgIpc) is 2.05. The number of aldehydes is 1. The van der Waals surface area contributed by atoms with Crippen LogP contribution in [-0.4, -0.2) is 16.8 Å². The number of rotatable bonds is 1. The first-order chi connectivity index (χ1) is 6.06. The zero-order chi connectivity index (χ0) is 10.3. The van der Waals surface area contributed by atoms with Gasteiger partial charge in [0.1, 0.15) is 6.29 Å². The fourth-order valence-electron chi connectivity index (χ4n) is 0.541. The summed E-state index contributed by atoms with van der Waals surface area (Å²) in [5, 5.41) is 7.84. The summed E-state index contributed by atoms with van der Waals surface area (Å²) >= 11 is 9.74. The number of hydrogen-bond donors (Lipinski definition) is 1. The molecule has 1 aromatic carbocycles. The second-order valence-electron chi connectivity index (χ2n) is 1.92. The molecule has 13 heavy (non-hydrogen) atoms. The van der Waals surface area contributed by atoms with Crippen LogP contribution in [0.2, 0.25) is 5.02 Å². The minimum Gasteiger partial charge on any atom is -0.469 e. The van der Waals surface area contributed by atoms with Crippen molar-refractivity contribution in [3.05, 3.63) is 34.9 Å². The molecule has 1 rings (SSSR count). The van der Waals surface area contributed by atoms with Gasteiger partial charge in [0.15, 0.2) is 0 Å². The highest BCUT2D eigenvalue weighted by Gasteiger charge is 1.86. The van der Waals surface area contributed by atoms with Crippen molar-refractivity contribution >= 4 is 34.9 Å².